The lowest BCUT2D eigenvalue weighted by molar-refractivity contribution is -0.135. The molecule has 0 aliphatic carbocycles. The maximum absolute atomic E-state index is 10.9. The standard InChI is InChI=1S/C13H15BrO3/c1-16-13(15)8-10-17-12(7-9-14)11-5-3-2-4-6-11/h2-6,8,10,12H,7,9H2,1H3/b10-8+. The maximum Gasteiger partial charge on any atom is 0.333 e. The lowest BCUT2D eigenvalue weighted by atomic mass is 10.1. The highest BCUT2D eigenvalue weighted by molar-refractivity contribution is 9.09. The van der Waals surface area contributed by atoms with Crippen LogP contribution in [0.4, 0.5) is 0 Å². The Bertz CT molecular complexity index is 362. The molecule has 0 aliphatic rings. The first-order valence-corrected chi connectivity index (χ1v) is 6.41. The first-order chi connectivity index (χ1) is 8.27. The van der Waals surface area contributed by atoms with E-state index in [-0.39, 0.29) is 6.10 Å². The summed E-state index contributed by atoms with van der Waals surface area (Å²) >= 11 is 3.39. The molecule has 0 saturated carbocycles. The van der Waals surface area contributed by atoms with Crippen molar-refractivity contribution in [2.45, 2.75) is 12.5 Å². The largest absolute Gasteiger partial charge is 0.493 e. The van der Waals surface area contributed by atoms with Crippen LogP contribution >= 0.6 is 15.9 Å². The van der Waals surface area contributed by atoms with E-state index in [0.717, 1.165) is 17.3 Å². The summed E-state index contributed by atoms with van der Waals surface area (Å²) in [7, 11) is 1.33. The number of hydrogen-bond acceptors (Lipinski definition) is 3. The maximum atomic E-state index is 10.9. The Morgan fingerprint density at radius 3 is 2.71 bits per heavy atom. The molecule has 92 valence electrons. The monoisotopic (exact) mass is 298 g/mol. The van der Waals surface area contributed by atoms with Gasteiger partial charge in [0, 0.05) is 5.33 Å². The third-order valence-corrected chi connectivity index (χ3v) is 2.65. The Morgan fingerprint density at radius 1 is 1.41 bits per heavy atom. The SMILES string of the molecule is COC(=O)/C=C/OC(CCBr)c1ccccc1. The van der Waals surface area contributed by atoms with Crippen molar-refractivity contribution in [3.63, 3.8) is 0 Å². The van der Waals surface area contributed by atoms with Crippen LogP contribution in [0.5, 0.6) is 0 Å². The van der Waals surface area contributed by atoms with E-state index in [1.54, 1.807) is 0 Å². The molecular weight excluding hydrogens is 284 g/mol. The molecule has 0 saturated heterocycles. The molecule has 3 nitrogen and oxygen atoms in total. The molecule has 0 bridgehead atoms. The van der Waals surface area contributed by atoms with Crippen LogP contribution in [0, 0.1) is 0 Å². The first kappa shape index (κ1) is 13.8. The molecule has 1 atom stereocenters. The van der Waals surface area contributed by atoms with Crippen molar-refractivity contribution in [2.75, 3.05) is 12.4 Å². The average molecular weight is 299 g/mol. The average Bonchev–Trinajstić information content (AvgIpc) is 2.38. The van der Waals surface area contributed by atoms with E-state index in [4.69, 9.17) is 4.74 Å². The molecule has 0 N–H and O–H groups in total. The summed E-state index contributed by atoms with van der Waals surface area (Å²) in [6.07, 6.45) is 3.42. The van der Waals surface area contributed by atoms with Crippen molar-refractivity contribution in [2.24, 2.45) is 0 Å². The van der Waals surface area contributed by atoms with Gasteiger partial charge < -0.3 is 9.47 Å². The molecule has 0 spiro atoms. The van der Waals surface area contributed by atoms with Gasteiger partial charge >= 0.3 is 5.97 Å². The van der Waals surface area contributed by atoms with E-state index in [1.807, 2.05) is 30.3 Å². The molecule has 0 aliphatic heterocycles. The highest BCUT2D eigenvalue weighted by Gasteiger charge is 2.09. The topological polar surface area (TPSA) is 35.5 Å². The van der Waals surface area contributed by atoms with Gasteiger partial charge in [-0.1, -0.05) is 46.3 Å². The molecule has 1 unspecified atom stereocenters. The zero-order chi connectivity index (χ0) is 12.5. The van der Waals surface area contributed by atoms with Crippen molar-refractivity contribution >= 4 is 21.9 Å². The second-order valence-electron chi connectivity index (χ2n) is 3.34. The Hall–Kier alpha value is -1.29. The number of ether oxygens (including phenoxy) is 2. The third kappa shape index (κ3) is 5.04. The lowest BCUT2D eigenvalue weighted by Gasteiger charge is -2.15. The first-order valence-electron chi connectivity index (χ1n) is 5.28. The smallest absolute Gasteiger partial charge is 0.333 e. The minimum Gasteiger partial charge on any atom is -0.493 e. The van der Waals surface area contributed by atoms with Gasteiger partial charge in [-0.15, -0.1) is 0 Å². The van der Waals surface area contributed by atoms with Crippen LogP contribution in [-0.2, 0) is 14.3 Å². The molecule has 1 aromatic rings. The van der Waals surface area contributed by atoms with Crippen molar-refractivity contribution in [1.82, 2.24) is 0 Å². The molecule has 1 rings (SSSR count). The highest BCUT2D eigenvalue weighted by atomic mass is 79.9. The van der Waals surface area contributed by atoms with Crippen LogP contribution in [0.3, 0.4) is 0 Å². The number of methoxy groups -OCH3 is 1. The molecule has 0 heterocycles. The van der Waals surface area contributed by atoms with Gasteiger partial charge in [0.15, 0.2) is 0 Å². The number of alkyl halides is 1. The van der Waals surface area contributed by atoms with Crippen molar-refractivity contribution < 1.29 is 14.3 Å². The molecule has 0 aromatic heterocycles. The van der Waals surface area contributed by atoms with Crippen molar-refractivity contribution in [3.05, 3.63) is 48.2 Å². The molecule has 17 heavy (non-hydrogen) atoms. The molecule has 0 amide bonds. The van der Waals surface area contributed by atoms with Gasteiger partial charge in [0.05, 0.1) is 19.4 Å². The summed E-state index contributed by atoms with van der Waals surface area (Å²) in [5.41, 5.74) is 1.08. The number of rotatable bonds is 6. The third-order valence-electron chi connectivity index (χ3n) is 2.19. The van der Waals surface area contributed by atoms with Crippen molar-refractivity contribution in [3.8, 4) is 0 Å². The van der Waals surface area contributed by atoms with Crippen LogP contribution in [0.1, 0.15) is 18.1 Å². The highest BCUT2D eigenvalue weighted by Crippen LogP contribution is 2.22. The fraction of sp³-hybridized carbons (Fsp3) is 0.308. The van der Waals surface area contributed by atoms with E-state index in [2.05, 4.69) is 20.7 Å². The van der Waals surface area contributed by atoms with Gasteiger partial charge in [-0.05, 0) is 12.0 Å². The van der Waals surface area contributed by atoms with Gasteiger partial charge in [0.2, 0.25) is 0 Å². The number of hydrogen-bond donors (Lipinski definition) is 0. The zero-order valence-corrected chi connectivity index (χ0v) is 11.2. The molecule has 1 aromatic carbocycles. The number of carbonyl (C=O) groups is 1. The van der Waals surface area contributed by atoms with Crippen LogP contribution in [0.2, 0.25) is 0 Å². The molecule has 0 radical (unpaired) electrons. The van der Waals surface area contributed by atoms with Gasteiger partial charge in [-0.3, -0.25) is 0 Å². The van der Waals surface area contributed by atoms with Crippen LogP contribution in [0.15, 0.2) is 42.7 Å². The normalized spacial score (nSPS) is 12.4. The van der Waals surface area contributed by atoms with Gasteiger partial charge in [0.1, 0.15) is 6.10 Å². The van der Waals surface area contributed by atoms with E-state index >= 15 is 0 Å². The second kappa shape index (κ2) is 7.90. The van der Waals surface area contributed by atoms with Gasteiger partial charge in [0.25, 0.3) is 0 Å². The molecular formula is C13H15BrO3. The number of esters is 1. The number of carbonyl (C=O) groups excluding carboxylic acids is 1. The summed E-state index contributed by atoms with van der Waals surface area (Å²) in [5, 5.41) is 0.832. The predicted molar refractivity (Wildman–Crippen MR) is 69.8 cm³/mol. The van der Waals surface area contributed by atoms with Gasteiger partial charge in [-0.25, -0.2) is 4.79 Å². The number of benzene rings is 1. The van der Waals surface area contributed by atoms with Crippen LogP contribution in [-0.4, -0.2) is 18.4 Å². The molecule has 0 fully saturated rings. The molecule has 4 heteroatoms. The van der Waals surface area contributed by atoms with E-state index in [9.17, 15) is 4.79 Å². The summed E-state index contributed by atoms with van der Waals surface area (Å²) in [4.78, 5) is 10.9. The second-order valence-corrected chi connectivity index (χ2v) is 4.13. The minimum atomic E-state index is -0.421. The fourth-order valence-corrected chi connectivity index (χ4v) is 1.75. The van der Waals surface area contributed by atoms with Crippen LogP contribution < -0.4 is 0 Å². The van der Waals surface area contributed by atoms with E-state index in [0.29, 0.717) is 0 Å². The Balaban J connectivity index is 2.61. The van der Waals surface area contributed by atoms with Crippen molar-refractivity contribution in [1.29, 1.82) is 0 Å². The quantitative estimate of drug-likeness (QED) is 0.350. The minimum absolute atomic E-state index is 0.0588. The zero-order valence-electron chi connectivity index (χ0n) is 9.64. The summed E-state index contributed by atoms with van der Waals surface area (Å²) in [6, 6.07) is 9.88. The number of halogens is 1. The Morgan fingerprint density at radius 2 is 2.12 bits per heavy atom. The Kier molecular flexibility index (Phi) is 6.40. The van der Waals surface area contributed by atoms with E-state index < -0.39 is 5.97 Å². The lowest BCUT2D eigenvalue weighted by Crippen LogP contribution is -2.02. The predicted octanol–water partition coefficient (Wildman–Crippen LogP) is 3.22. The summed E-state index contributed by atoms with van der Waals surface area (Å²) < 4.78 is 10.0. The summed E-state index contributed by atoms with van der Waals surface area (Å²) in [5.74, 6) is -0.421. The van der Waals surface area contributed by atoms with Gasteiger partial charge in [-0.2, -0.15) is 0 Å². The van der Waals surface area contributed by atoms with E-state index in [1.165, 1.54) is 19.4 Å². The van der Waals surface area contributed by atoms with Crippen LogP contribution in [0.25, 0.3) is 0 Å². The Labute approximate surface area is 110 Å². The summed E-state index contributed by atoms with van der Waals surface area (Å²) in [6.45, 7) is 0. The fourth-order valence-electron chi connectivity index (χ4n) is 1.34.